The molecule has 1 unspecified atom stereocenters. The van der Waals surface area contributed by atoms with Crippen molar-refractivity contribution in [2.75, 3.05) is 20.1 Å². The Bertz CT molecular complexity index is 522. The van der Waals surface area contributed by atoms with Crippen molar-refractivity contribution in [3.63, 3.8) is 0 Å². The molecule has 20 heavy (non-hydrogen) atoms. The smallest absolute Gasteiger partial charge is 0.257 e. The molecule has 1 atom stereocenters. The number of nitrogens with zero attached hydrogens (tertiary/aromatic N) is 1. The van der Waals surface area contributed by atoms with Gasteiger partial charge in [0.15, 0.2) is 17.4 Å². The Morgan fingerprint density at radius 1 is 1.40 bits per heavy atom. The molecule has 1 saturated heterocycles. The molecule has 1 heterocycles. The number of benzene rings is 1. The van der Waals surface area contributed by atoms with Gasteiger partial charge in [-0.05, 0) is 19.0 Å². The van der Waals surface area contributed by atoms with E-state index in [0.29, 0.717) is 19.0 Å². The molecule has 1 aliphatic heterocycles. The first-order valence-electron chi connectivity index (χ1n) is 5.77. The van der Waals surface area contributed by atoms with Crippen LogP contribution in [-0.2, 0) is 0 Å². The highest BCUT2D eigenvalue weighted by Crippen LogP contribution is 2.27. The van der Waals surface area contributed by atoms with Crippen LogP contribution in [0.1, 0.15) is 16.8 Å². The number of likely N-dealkylation sites (N-methyl/N-ethyl adjacent to an activating group) is 1. The number of aromatic hydroxyl groups is 1. The summed E-state index contributed by atoms with van der Waals surface area (Å²) in [5, 5.41) is 12.1. The number of halogens is 4. The molecule has 0 bridgehead atoms. The summed E-state index contributed by atoms with van der Waals surface area (Å²) in [5.74, 6) is -6.86. The molecule has 8 heteroatoms. The van der Waals surface area contributed by atoms with E-state index in [1.54, 1.807) is 0 Å². The molecule has 0 radical (unpaired) electrons. The number of carbonyl (C=O) groups is 1. The molecule has 2 N–H and O–H groups in total. The van der Waals surface area contributed by atoms with Crippen molar-refractivity contribution in [1.82, 2.24) is 10.2 Å². The highest BCUT2D eigenvalue weighted by atomic mass is 35.5. The number of rotatable bonds is 2. The number of nitrogens with one attached hydrogen (secondary N) is 1. The van der Waals surface area contributed by atoms with Gasteiger partial charge in [-0.2, -0.15) is 4.39 Å². The fourth-order valence-electron chi connectivity index (χ4n) is 2.07. The fourth-order valence-corrected chi connectivity index (χ4v) is 2.07. The Hall–Kier alpha value is -1.47. The molecule has 0 spiro atoms. The van der Waals surface area contributed by atoms with E-state index in [1.807, 2.05) is 0 Å². The minimum atomic E-state index is -1.70. The summed E-state index contributed by atoms with van der Waals surface area (Å²) in [7, 11) is 1.46. The summed E-state index contributed by atoms with van der Waals surface area (Å²) >= 11 is 0. The van der Waals surface area contributed by atoms with Gasteiger partial charge in [0.25, 0.3) is 5.91 Å². The molecule has 1 fully saturated rings. The van der Waals surface area contributed by atoms with Crippen molar-refractivity contribution in [1.29, 1.82) is 0 Å². The molecule has 0 aromatic heterocycles. The van der Waals surface area contributed by atoms with E-state index < -0.39 is 34.7 Å². The topological polar surface area (TPSA) is 52.6 Å². The lowest BCUT2D eigenvalue weighted by molar-refractivity contribution is 0.0737. The summed E-state index contributed by atoms with van der Waals surface area (Å²) in [4.78, 5) is 13.3. The molecule has 0 aliphatic carbocycles. The van der Waals surface area contributed by atoms with Crippen molar-refractivity contribution in [3.05, 3.63) is 29.1 Å². The summed E-state index contributed by atoms with van der Waals surface area (Å²) in [5.41, 5.74) is -0.675. The van der Waals surface area contributed by atoms with Crippen LogP contribution >= 0.6 is 12.4 Å². The molecular formula is C12H14ClF3N2O2. The summed E-state index contributed by atoms with van der Waals surface area (Å²) in [6.07, 6.45) is 0.694. The lowest BCUT2D eigenvalue weighted by Crippen LogP contribution is -2.38. The van der Waals surface area contributed by atoms with Gasteiger partial charge in [0, 0.05) is 19.6 Å². The molecule has 1 amide bonds. The standard InChI is InChI=1S/C12H13F3N2O2.ClH/c1-17(6-2-3-16-5-6)12(19)7-4-8(13)10(15)11(18)9(7)14;/h4,6,16,18H,2-3,5H2,1H3;1H. The predicted molar refractivity (Wildman–Crippen MR) is 68.6 cm³/mol. The largest absolute Gasteiger partial charge is 0.503 e. The van der Waals surface area contributed by atoms with Gasteiger partial charge in [0.05, 0.1) is 5.56 Å². The van der Waals surface area contributed by atoms with Crippen molar-refractivity contribution < 1.29 is 23.1 Å². The van der Waals surface area contributed by atoms with Crippen molar-refractivity contribution in [2.24, 2.45) is 0 Å². The third-order valence-electron chi connectivity index (χ3n) is 3.27. The maximum atomic E-state index is 13.6. The van der Waals surface area contributed by atoms with E-state index in [9.17, 15) is 18.0 Å². The van der Waals surface area contributed by atoms with Crippen LogP contribution in [0.2, 0.25) is 0 Å². The van der Waals surface area contributed by atoms with Gasteiger partial charge >= 0.3 is 0 Å². The SMILES string of the molecule is CN(C(=O)c1cc(F)c(F)c(O)c1F)C1CCNC1.Cl. The molecule has 1 aromatic rings. The van der Waals surface area contributed by atoms with Crippen molar-refractivity contribution in [2.45, 2.75) is 12.5 Å². The first-order chi connectivity index (χ1) is 8.93. The second-order valence-corrected chi connectivity index (χ2v) is 4.45. The lowest BCUT2D eigenvalue weighted by atomic mass is 10.1. The molecule has 2 rings (SSSR count). The number of hydrogen-bond acceptors (Lipinski definition) is 3. The molecule has 1 aromatic carbocycles. The minimum Gasteiger partial charge on any atom is -0.503 e. The van der Waals surface area contributed by atoms with Gasteiger partial charge in [-0.15, -0.1) is 12.4 Å². The number of phenolic OH excluding ortho intramolecular Hbond substituents is 1. The van der Waals surface area contributed by atoms with Crippen LogP contribution in [0.25, 0.3) is 0 Å². The van der Waals surface area contributed by atoms with E-state index in [4.69, 9.17) is 5.11 Å². The summed E-state index contributed by atoms with van der Waals surface area (Å²) < 4.78 is 39.7. The Labute approximate surface area is 120 Å². The first kappa shape index (κ1) is 16.6. The minimum absolute atomic E-state index is 0. The van der Waals surface area contributed by atoms with Crippen LogP contribution in [0.5, 0.6) is 5.75 Å². The molecule has 112 valence electrons. The maximum Gasteiger partial charge on any atom is 0.257 e. The van der Waals surface area contributed by atoms with E-state index in [0.717, 1.165) is 6.54 Å². The number of phenols is 1. The fraction of sp³-hybridized carbons (Fsp3) is 0.417. The van der Waals surface area contributed by atoms with Crippen LogP contribution < -0.4 is 5.32 Å². The Morgan fingerprint density at radius 2 is 2.05 bits per heavy atom. The van der Waals surface area contributed by atoms with Crippen LogP contribution in [-0.4, -0.2) is 42.1 Å². The second-order valence-electron chi connectivity index (χ2n) is 4.45. The zero-order valence-electron chi connectivity index (χ0n) is 10.6. The zero-order valence-corrected chi connectivity index (χ0v) is 11.4. The second kappa shape index (κ2) is 6.32. The highest BCUT2D eigenvalue weighted by Gasteiger charge is 2.28. The maximum absolute atomic E-state index is 13.6. The average Bonchev–Trinajstić information content (AvgIpc) is 2.92. The summed E-state index contributed by atoms with van der Waals surface area (Å²) in [6.45, 7) is 1.29. The van der Waals surface area contributed by atoms with Crippen LogP contribution in [0.4, 0.5) is 13.2 Å². The Kier molecular flexibility index (Phi) is 5.24. The Balaban J connectivity index is 0.00000200. The normalized spacial score (nSPS) is 17.7. The van der Waals surface area contributed by atoms with Gasteiger partial charge < -0.3 is 15.3 Å². The predicted octanol–water partition coefficient (Wildman–Crippen LogP) is 1.67. The van der Waals surface area contributed by atoms with E-state index in [-0.39, 0.29) is 18.4 Å². The van der Waals surface area contributed by atoms with Gasteiger partial charge in [0.1, 0.15) is 0 Å². The van der Waals surface area contributed by atoms with Crippen molar-refractivity contribution in [3.8, 4) is 5.75 Å². The molecular weight excluding hydrogens is 297 g/mol. The zero-order chi connectivity index (χ0) is 14.2. The van der Waals surface area contributed by atoms with Gasteiger partial charge in [-0.3, -0.25) is 4.79 Å². The number of hydrogen-bond donors (Lipinski definition) is 2. The molecule has 1 aliphatic rings. The first-order valence-corrected chi connectivity index (χ1v) is 5.77. The highest BCUT2D eigenvalue weighted by molar-refractivity contribution is 5.95. The van der Waals surface area contributed by atoms with E-state index in [1.165, 1.54) is 11.9 Å². The van der Waals surface area contributed by atoms with Crippen LogP contribution in [0, 0.1) is 17.5 Å². The Morgan fingerprint density at radius 3 is 2.60 bits per heavy atom. The van der Waals surface area contributed by atoms with Crippen LogP contribution in [0.3, 0.4) is 0 Å². The third kappa shape index (κ3) is 2.83. The van der Waals surface area contributed by atoms with E-state index >= 15 is 0 Å². The van der Waals surface area contributed by atoms with Gasteiger partial charge in [0.2, 0.25) is 5.82 Å². The molecule has 4 nitrogen and oxygen atoms in total. The quantitative estimate of drug-likeness (QED) is 0.817. The summed E-state index contributed by atoms with van der Waals surface area (Å²) in [6, 6.07) is 0.327. The van der Waals surface area contributed by atoms with Gasteiger partial charge in [-0.1, -0.05) is 0 Å². The van der Waals surface area contributed by atoms with Gasteiger partial charge in [-0.25, -0.2) is 8.78 Å². The van der Waals surface area contributed by atoms with Crippen LogP contribution in [0.15, 0.2) is 6.07 Å². The number of carbonyl (C=O) groups excluding carboxylic acids is 1. The van der Waals surface area contributed by atoms with E-state index in [2.05, 4.69) is 5.32 Å². The monoisotopic (exact) mass is 310 g/mol. The average molecular weight is 311 g/mol. The van der Waals surface area contributed by atoms with Crippen molar-refractivity contribution >= 4 is 18.3 Å². The lowest BCUT2D eigenvalue weighted by Gasteiger charge is -2.24. The molecule has 0 saturated carbocycles. The number of amides is 1. The third-order valence-corrected chi connectivity index (χ3v) is 3.27.